The summed E-state index contributed by atoms with van der Waals surface area (Å²) in [5.74, 6) is 0.219. The third kappa shape index (κ3) is 4.88. The predicted octanol–water partition coefficient (Wildman–Crippen LogP) is 2.52. The molecule has 28 heavy (non-hydrogen) atoms. The Morgan fingerprint density at radius 1 is 0.714 bits per heavy atom. The van der Waals surface area contributed by atoms with Crippen LogP contribution >= 0.6 is 0 Å². The lowest BCUT2D eigenvalue weighted by molar-refractivity contribution is -0.142. The Labute approximate surface area is 171 Å². The highest BCUT2D eigenvalue weighted by Crippen LogP contribution is 2.29. The molecular formula is C22H42N4O2. The molecule has 2 atom stereocenters. The highest BCUT2D eigenvalue weighted by molar-refractivity contribution is 5.87. The Morgan fingerprint density at radius 3 is 1.29 bits per heavy atom. The Morgan fingerprint density at radius 2 is 1.00 bits per heavy atom. The second-order valence-electron chi connectivity index (χ2n) is 11.4. The van der Waals surface area contributed by atoms with Crippen molar-refractivity contribution in [3.05, 3.63) is 0 Å². The fourth-order valence-corrected chi connectivity index (χ4v) is 5.58. The monoisotopic (exact) mass is 394 g/mol. The average molecular weight is 395 g/mol. The molecule has 2 amide bonds. The quantitative estimate of drug-likeness (QED) is 0.772. The van der Waals surface area contributed by atoms with Gasteiger partial charge in [0.25, 0.3) is 0 Å². The first-order valence-electron chi connectivity index (χ1n) is 10.7. The van der Waals surface area contributed by atoms with E-state index in [1.54, 1.807) is 0 Å². The Hall–Kier alpha value is -1.14. The van der Waals surface area contributed by atoms with Crippen LogP contribution in [0.15, 0.2) is 0 Å². The number of carbonyl (C=O) groups is 2. The first-order valence-corrected chi connectivity index (χ1v) is 10.7. The Balaban J connectivity index is 2.22. The van der Waals surface area contributed by atoms with Gasteiger partial charge in [-0.3, -0.25) is 20.2 Å². The van der Waals surface area contributed by atoms with Crippen LogP contribution in [0.3, 0.4) is 0 Å². The molecule has 2 aliphatic rings. The van der Waals surface area contributed by atoms with Crippen molar-refractivity contribution >= 4 is 11.8 Å². The Kier molecular flexibility index (Phi) is 6.02. The number of hydrogen-bond acceptors (Lipinski definition) is 4. The van der Waals surface area contributed by atoms with Crippen LogP contribution in [0.2, 0.25) is 0 Å². The van der Waals surface area contributed by atoms with Crippen molar-refractivity contribution in [1.82, 2.24) is 20.4 Å². The van der Waals surface area contributed by atoms with Gasteiger partial charge < -0.3 is 9.80 Å². The summed E-state index contributed by atoms with van der Waals surface area (Å²) < 4.78 is 0. The minimum Gasteiger partial charge on any atom is -0.337 e. The highest BCUT2D eigenvalue weighted by Gasteiger charge is 2.45. The summed E-state index contributed by atoms with van der Waals surface area (Å²) in [6, 6.07) is 0.244. The van der Waals surface area contributed by atoms with Gasteiger partial charge in [0, 0.05) is 36.3 Å². The van der Waals surface area contributed by atoms with Crippen LogP contribution < -0.4 is 10.6 Å². The van der Waals surface area contributed by atoms with Crippen molar-refractivity contribution in [3.8, 4) is 0 Å². The normalized spacial score (nSPS) is 32.1. The van der Waals surface area contributed by atoms with E-state index in [4.69, 9.17) is 0 Å². The van der Waals surface area contributed by atoms with E-state index in [0.717, 1.165) is 12.8 Å². The second-order valence-corrected chi connectivity index (χ2v) is 11.4. The molecule has 0 aromatic rings. The van der Waals surface area contributed by atoms with Crippen LogP contribution in [0, 0.1) is 0 Å². The van der Waals surface area contributed by atoms with Crippen molar-refractivity contribution < 1.29 is 9.59 Å². The molecule has 2 saturated heterocycles. The summed E-state index contributed by atoms with van der Waals surface area (Å²) in [4.78, 5) is 30.4. The summed E-state index contributed by atoms with van der Waals surface area (Å²) in [7, 11) is 0. The molecule has 0 saturated carbocycles. The highest BCUT2D eigenvalue weighted by atomic mass is 16.2. The van der Waals surface area contributed by atoms with E-state index in [1.807, 2.05) is 37.5 Å². The number of carbonyl (C=O) groups excluding carboxylic acids is 2. The molecule has 0 aromatic heterocycles. The van der Waals surface area contributed by atoms with Crippen LogP contribution in [-0.2, 0) is 9.59 Å². The van der Waals surface area contributed by atoms with Gasteiger partial charge in [-0.15, -0.1) is 0 Å². The standard InChI is InChI=1S/C22H42N4O2/c1-15-13-19(3,4)23-21(7,8)17(27)25(15)11-12-26-16(2)14-20(5,6)24-22(9,10)18(26)28/h15-16,23-24H,11-14H2,1-10H3. The SMILES string of the molecule is CC1CC(C)(C)NC(C)(C)C(=O)N1CCN1C(=O)C(C)(C)NC(C)(C)CC1C. The molecule has 0 spiro atoms. The van der Waals surface area contributed by atoms with Gasteiger partial charge in [0.2, 0.25) is 11.8 Å². The molecule has 2 rings (SSSR count). The maximum absolute atomic E-state index is 13.2. The minimum atomic E-state index is -0.620. The fourth-order valence-electron chi connectivity index (χ4n) is 5.58. The van der Waals surface area contributed by atoms with Crippen LogP contribution in [0.1, 0.15) is 82.1 Å². The second kappa shape index (κ2) is 7.28. The molecule has 2 fully saturated rings. The van der Waals surface area contributed by atoms with Gasteiger partial charge in [0.15, 0.2) is 0 Å². The van der Waals surface area contributed by atoms with Crippen LogP contribution in [0.4, 0.5) is 0 Å². The van der Waals surface area contributed by atoms with E-state index in [-0.39, 0.29) is 35.0 Å². The zero-order valence-electron chi connectivity index (χ0n) is 19.7. The summed E-state index contributed by atoms with van der Waals surface area (Å²) in [6.45, 7) is 21.8. The number of hydrogen-bond donors (Lipinski definition) is 2. The molecule has 6 nitrogen and oxygen atoms in total. The molecule has 0 aliphatic carbocycles. The van der Waals surface area contributed by atoms with E-state index in [9.17, 15) is 9.59 Å². The summed E-state index contributed by atoms with van der Waals surface area (Å²) >= 11 is 0. The molecule has 0 aromatic carbocycles. The van der Waals surface area contributed by atoms with Crippen LogP contribution in [-0.4, -0.2) is 68.9 Å². The number of rotatable bonds is 3. The third-order valence-corrected chi connectivity index (χ3v) is 6.15. The van der Waals surface area contributed by atoms with Crippen molar-refractivity contribution in [2.75, 3.05) is 13.1 Å². The van der Waals surface area contributed by atoms with Crippen LogP contribution in [0.25, 0.3) is 0 Å². The van der Waals surface area contributed by atoms with Crippen molar-refractivity contribution in [2.45, 2.75) is 116 Å². The molecule has 2 aliphatic heterocycles. The van der Waals surface area contributed by atoms with E-state index < -0.39 is 11.1 Å². The van der Waals surface area contributed by atoms with Gasteiger partial charge in [-0.25, -0.2) is 0 Å². The largest absolute Gasteiger partial charge is 0.337 e. The third-order valence-electron chi connectivity index (χ3n) is 6.15. The Bertz CT molecular complexity index is 570. The first-order chi connectivity index (χ1) is 12.5. The molecular weight excluding hydrogens is 352 g/mol. The lowest BCUT2D eigenvalue weighted by Gasteiger charge is -2.37. The van der Waals surface area contributed by atoms with Crippen molar-refractivity contribution in [3.63, 3.8) is 0 Å². The zero-order valence-corrected chi connectivity index (χ0v) is 19.7. The number of nitrogens with one attached hydrogen (secondary N) is 2. The van der Waals surface area contributed by atoms with Crippen molar-refractivity contribution in [2.24, 2.45) is 0 Å². The average Bonchev–Trinajstić information content (AvgIpc) is 2.54. The van der Waals surface area contributed by atoms with E-state index in [0.29, 0.717) is 13.1 Å². The van der Waals surface area contributed by atoms with E-state index >= 15 is 0 Å². The lowest BCUT2D eigenvalue weighted by Crippen LogP contribution is -2.59. The van der Waals surface area contributed by atoms with Gasteiger partial charge in [-0.1, -0.05) is 0 Å². The molecule has 0 radical (unpaired) electrons. The molecule has 0 bridgehead atoms. The molecule has 162 valence electrons. The van der Waals surface area contributed by atoms with Gasteiger partial charge in [0.05, 0.1) is 11.1 Å². The topological polar surface area (TPSA) is 64.7 Å². The molecule has 2 N–H and O–H groups in total. The molecule has 2 unspecified atom stereocenters. The maximum Gasteiger partial charge on any atom is 0.242 e. The summed E-state index contributed by atoms with van der Waals surface area (Å²) in [5.41, 5.74) is -1.47. The van der Waals surface area contributed by atoms with Crippen LogP contribution in [0.5, 0.6) is 0 Å². The van der Waals surface area contributed by atoms with Gasteiger partial charge in [-0.05, 0) is 82.1 Å². The maximum atomic E-state index is 13.2. The van der Waals surface area contributed by atoms with Gasteiger partial charge >= 0.3 is 0 Å². The smallest absolute Gasteiger partial charge is 0.242 e. The summed E-state index contributed by atoms with van der Waals surface area (Å²) in [6.07, 6.45) is 1.76. The minimum absolute atomic E-state index is 0.109. The number of nitrogens with zero attached hydrogens (tertiary/aromatic N) is 2. The zero-order chi connectivity index (χ0) is 21.7. The summed E-state index contributed by atoms with van der Waals surface area (Å²) in [5, 5.41) is 7.02. The predicted molar refractivity (Wildman–Crippen MR) is 114 cm³/mol. The van der Waals surface area contributed by atoms with Gasteiger partial charge in [-0.2, -0.15) is 0 Å². The van der Waals surface area contributed by atoms with Gasteiger partial charge in [0.1, 0.15) is 0 Å². The molecule has 2 heterocycles. The molecule has 6 heteroatoms. The van der Waals surface area contributed by atoms with E-state index in [1.165, 1.54) is 0 Å². The lowest BCUT2D eigenvalue weighted by atomic mass is 9.94. The van der Waals surface area contributed by atoms with E-state index in [2.05, 4.69) is 52.2 Å². The van der Waals surface area contributed by atoms with Crippen molar-refractivity contribution in [1.29, 1.82) is 0 Å². The fraction of sp³-hybridized carbons (Fsp3) is 0.909. The number of amides is 2. The first kappa shape index (κ1) is 23.1.